The van der Waals surface area contributed by atoms with E-state index in [2.05, 4.69) is 10.6 Å². The van der Waals surface area contributed by atoms with E-state index in [-0.39, 0.29) is 17.6 Å². The van der Waals surface area contributed by atoms with Crippen LogP contribution in [-0.4, -0.2) is 84.0 Å². The van der Waals surface area contributed by atoms with Gasteiger partial charge in [-0.15, -0.1) is 0 Å². The zero-order valence-corrected chi connectivity index (χ0v) is 20.2. The van der Waals surface area contributed by atoms with Crippen LogP contribution in [0.3, 0.4) is 0 Å². The van der Waals surface area contributed by atoms with Crippen LogP contribution in [0.5, 0.6) is 0 Å². The molecule has 1 unspecified atom stereocenters. The topological polar surface area (TPSA) is 112 Å². The van der Waals surface area contributed by atoms with Crippen LogP contribution in [-0.2, 0) is 33.3 Å². The number of likely N-dealkylation sites (N-methyl/N-ethyl adjacent to an activating group) is 1. The number of nitrogens with one attached hydrogen (secondary N) is 2. The molecule has 0 spiro atoms. The van der Waals surface area contributed by atoms with E-state index in [0.29, 0.717) is 78.3 Å². The van der Waals surface area contributed by atoms with Crippen LogP contribution < -0.4 is 10.6 Å². The largest absolute Gasteiger partial charge is 0.382 e. The zero-order chi connectivity index (χ0) is 23.9. The second-order valence-corrected chi connectivity index (χ2v) is 7.57. The number of carbonyl (C=O) groups is 3. The van der Waals surface area contributed by atoms with Gasteiger partial charge in [0, 0.05) is 53.2 Å². The van der Waals surface area contributed by atoms with Crippen molar-refractivity contribution in [3.05, 3.63) is 0 Å². The number of rotatable bonds is 23. The number of unbranched alkanes of at least 4 members (excludes halogenated alkanes) is 2. The van der Waals surface area contributed by atoms with Gasteiger partial charge in [-0.05, 0) is 32.6 Å². The molecular formula is C23H44N2O7. The third-order valence-corrected chi connectivity index (χ3v) is 4.75. The molecule has 0 saturated heterocycles. The van der Waals surface area contributed by atoms with Crippen LogP contribution in [0.2, 0.25) is 0 Å². The summed E-state index contributed by atoms with van der Waals surface area (Å²) in [6.07, 6.45) is 5.67. The van der Waals surface area contributed by atoms with Crippen LogP contribution in [0.4, 0.5) is 0 Å². The summed E-state index contributed by atoms with van der Waals surface area (Å²) >= 11 is 0. The van der Waals surface area contributed by atoms with Crippen molar-refractivity contribution in [2.75, 3.05) is 60.4 Å². The average Bonchev–Trinajstić information content (AvgIpc) is 2.77. The summed E-state index contributed by atoms with van der Waals surface area (Å²) in [5.74, 6) is -0.0807. The summed E-state index contributed by atoms with van der Waals surface area (Å²) in [4.78, 5) is 36.4. The Balaban J connectivity index is 4.00. The fourth-order valence-corrected chi connectivity index (χ4v) is 3.00. The molecule has 0 aliphatic rings. The molecule has 0 radical (unpaired) electrons. The minimum Gasteiger partial charge on any atom is -0.382 e. The Labute approximate surface area is 193 Å². The lowest BCUT2D eigenvalue weighted by Gasteiger charge is -2.18. The summed E-state index contributed by atoms with van der Waals surface area (Å²) < 4.78 is 20.5. The van der Waals surface area contributed by atoms with Crippen molar-refractivity contribution < 1.29 is 33.3 Å². The molecular weight excluding hydrogens is 416 g/mol. The van der Waals surface area contributed by atoms with Crippen molar-refractivity contribution in [3.63, 3.8) is 0 Å². The third-order valence-electron chi connectivity index (χ3n) is 4.75. The molecule has 0 heterocycles. The quantitative estimate of drug-likeness (QED) is 0.224. The van der Waals surface area contributed by atoms with Gasteiger partial charge in [0.25, 0.3) is 0 Å². The number of carbonyl (C=O) groups excluding carboxylic acids is 3. The van der Waals surface area contributed by atoms with Crippen LogP contribution in [0.25, 0.3) is 0 Å². The molecule has 0 aromatic heterocycles. The molecule has 0 aliphatic carbocycles. The van der Waals surface area contributed by atoms with Gasteiger partial charge < -0.3 is 29.6 Å². The highest BCUT2D eigenvalue weighted by molar-refractivity contribution is 5.87. The van der Waals surface area contributed by atoms with Gasteiger partial charge in [0.1, 0.15) is 11.8 Å². The molecule has 0 saturated carbocycles. The van der Waals surface area contributed by atoms with Gasteiger partial charge >= 0.3 is 0 Å². The summed E-state index contributed by atoms with van der Waals surface area (Å²) in [7, 11) is 3.24. The van der Waals surface area contributed by atoms with E-state index in [1.165, 1.54) is 0 Å². The standard InChI is InChI=1S/C23H44N2O7/c1-4-24-23(28)21(25-22(27)13-9-15-32-19-17-30-3)12-7-5-6-10-20(26)11-8-14-31-18-16-29-2/h21H,4-19H2,1-3H3,(H,24,28)(H,25,27). The van der Waals surface area contributed by atoms with Crippen LogP contribution in [0.1, 0.15) is 64.7 Å². The van der Waals surface area contributed by atoms with Crippen molar-refractivity contribution in [1.82, 2.24) is 10.6 Å². The first-order valence-corrected chi connectivity index (χ1v) is 11.8. The SMILES string of the molecule is CCNC(=O)C(CCCCCC(=O)CCCOCCOC)NC(=O)CCCOCCOC. The Morgan fingerprint density at radius 2 is 1.31 bits per heavy atom. The second kappa shape index (κ2) is 22.6. The zero-order valence-electron chi connectivity index (χ0n) is 20.2. The van der Waals surface area contributed by atoms with E-state index in [1.54, 1.807) is 14.2 Å². The van der Waals surface area contributed by atoms with E-state index < -0.39 is 6.04 Å². The highest BCUT2D eigenvalue weighted by atomic mass is 16.5. The molecule has 2 amide bonds. The van der Waals surface area contributed by atoms with E-state index in [1.807, 2.05) is 6.92 Å². The molecule has 9 nitrogen and oxygen atoms in total. The monoisotopic (exact) mass is 460 g/mol. The van der Waals surface area contributed by atoms with E-state index >= 15 is 0 Å². The van der Waals surface area contributed by atoms with Crippen LogP contribution in [0, 0.1) is 0 Å². The van der Waals surface area contributed by atoms with Gasteiger partial charge in [0.05, 0.1) is 26.4 Å². The van der Waals surface area contributed by atoms with Gasteiger partial charge in [-0.1, -0.05) is 12.8 Å². The van der Waals surface area contributed by atoms with Gasteiger partial charge in [-0.25, -0.2) is 0 Å². The van der Waals surface area contributed by atoms with Crippen LogP contribution >= 0.6 is 0 Å². The lowest BCUT2D eigenvalue weighted by Crippen LogP contribution is -2.46. The molecule has 32 heavy (non-hydrogen) atoms. The molecule has 0 rings (SSSR count). The fraction of sp³-hybridized carbons (Fsp3) is 0.870. The highest BCUT2D eigenvalue weighted by Gasteiger charge is 2.19. The Morgan fingerprint density at radius 3 is 1.91 bits per heavy atom. The lowest BCUT2D eigenvalue weighted by atomic mass is 10.0. The third kappa shape index (κ3) is 19.2. The Kier molecular flexibility index (Phi) is 21.5. The number of amides is 2. The van der Waals surface area contributed by atoms with Crippen LogP contribution in [0.15, 0.2) is 0 Å². The average molecular weight is 461 g/mol. The number of hydrogen-bond acceptors (Lipinski definition) is 7. The van der Waals surface area contributed by atoms with Crippen molar-refractivity contribution in [1.29, 1.82) is 0 Å². The molecule has 0 aromatic carbocycles. The van der Waals surface area contributed by atoms with E-state index in [4.69, 9.17) is 18.9 Å². The first kappa shape index (κ1) is 30.4. The van der Waals surface area contributed by atoms with Gasteiger partial charge in [-0.3, -0.25) is 14.4 Å². The van der Waals surface area contributed by atoms with Gasteiger partial charge in [0.2, 0.25) is 11.8 Å². The maximum atomic E-state index is 12.3. The molecule has 2 N–H and O–H groups in total. The molecule has 0 aromatic rings. The number of ether oxygens (including phenoxy) is 4. The first-order chi connectivity index (χ1) is 15.5. The van der Waals surface area contributed by atoms with Crippen molar-refractivity contribution in [2.45, 2.75) is 70.8 Å². The highest BCUT2D eigenvalue weighted by Crippen LogP contribution is 2.09. The smallest absolute Gasteiger partial charge is 0.242 e. The van der Waals surface area contributed by atoms with Gasteiger partial charge in [0.15, 0.2) is 0 Å². The fourth-order valence-electron chi connectivity index (χ4n) is 3.00. The molecule has 188 valence electrons. The van der Waals surface area contributed by atoms with Crippen molar-refractivity contribution >= 4 is 17.6 Å². The second-order valence-electron chi connectivity index (χ2n) is 7.57. The van der Waals surface area contributed by atoms with E-state index in [0.717, 1.165) is 25.7 Å². The summed E-state index contributed by atoms with van der Waals surface area (Å²) in [5.41, 5.74) is 0. The van der Waals surface area contributed by atoms with Crippen molar-refractivity contribution in [2.24, 2.45) is 0 Å². The molecule has 0 bridgehead atoms. The minimum atomic E-state index is -0.545. The summed E-state index contributed by atoms with van der Waals surface area (Å²) in [5, 5.41) is 5.61. The molecule has 0 aliphatic heterocycles. The molecule has 1 atom stereocenters. The Morgan fingerprint density at radius 1 is 0.719 bits per heavy atom. The van der Waals surface area contributed by atoms with E-state index in [9.17, 15) is 14.4 Å². The number of hydrogen-bond donors (Lipinski definition) is 2. The Hall–Kier alpha value is -1.55. The van der Waals surface area contributed by atoms with Crippen molar-refractivity contribution in [3.8, 4) is 0 Å². The van der Waals surface area contributed by atoms with Gasteiger partial charge in [-0.2, -0.15) is 0 Å². The number of methoxy groups -OCH3 is 2. The maximum absolute atomic E-state index is 12.3. The maximum Gasteiger partial charge on any atom is 0.242 e. The summed E-state index contributed by atoms with van der Waals surface area (Å²) in [6.45, 7) is 5.57. The predicted molar refractivity (Wildman–Crippen MR) is 123 cm³/mol. The normalized spacial score (nSPS) is 11.8. The first-order valence-electron chi connectivity index (χ1n) is 11.8. The number of Topliss-reactive ketones (excluding diaryl/α,β-unsaturated/α-hetero) is 1. The summed E-state index contributed by atoms with van der Waals surface area (Å²) in [6, 6.07) is -0.545. The minimum absolute atomic E-state index is 0.153. The predicted octanol–water partition coefficient (Wildman–Crippen LogP) is 2.01. The Bertz CT molecular complexity index is 489. The lowest BCUT2D eigenvalue weighted by molar-refractivity contribution is -0.129. The number of ketones is 1. The molecule has 9 heteroatoms. The molecule has 0 fully saturated rings.